The summed E-state index contributed by atoms with van der Waals surface area (Å²) in [6, 6.07) is 19.7. The minimum Gasteiger partial charge on any atom is -0.493 e. The van der Waals surface area contributed by atoms with Crippen LogP contribution in [-0.4, -0.2) is 44.1 Å². The van der Waals surface area contributed by atoms with Crippen molar-refractivity contribution >= 4 is 48.6 Å². The molecule has 1 aliphatic heterocycles. The molecule has 2 heterocycles. The number of carbonyl (C=O) groups excluding carboxylic acids is 2. The lowest BCUT2D eigenvalue weighted by Gasteiger charge is -2.39. The Balaban J connectivity index is 1.29. The van der Waals surface area contributed by atoms with Gasteiger partial charge in [0.15, 0.2) is 16.9 Å². The number of ether oxygens (including phenoxy) is 3. The molecule has 0 aliphatic carbocycles. The van der Waals surface area contributed by atoms with Gasteiger partial charge in [0.1, 0.15) is 11.5 Å². The monoisotopic (exact) mass is 530 g/mol. The summed E-state index contributed by atoms with van der Waals surface area (Å²) in [7, 11) is 5.74. The number of anilines is 2. The average Bonchev–Trinajstić information content (AvgIpc) is 2.90. The van der Waals surface area contributed by atoms with Crippen LogP contribution in [0.15, 0.2) is 72.9 Å². The number of rotatable bonds is 8. The molecule has 1 unspecified atom stereocenters. The van der Waals surface area contributed by atoms with Crippen LogP contribution in [0.3, 0.4) is 0 Å². The SMILES string of the molecule is COc1cc2nccc(Oc3ccc(NC(=O)C4(C(=O)Nc5ccc(P)cc5)CNC4)cc3)c2cc1OC. The summed E-state index contributed by atoms with van der Waals surface area (Å²) in [4.78, 5) is 30.6. The van der Waals surface area contributed by atoms with E-state index in [2.05, 4.69) is 30.2 Å². The number of nitrogens with one attached hydrogen (secondary N) is 3. The molecule has 194 valence electrons. The molecule has 1 aromatic heterocycles. The molecule has 0 bridgehead atoms. The van der Waals surface area contributed by atoms with Crippen molar-refractivity contribution in [2.75, 3.05) is 37.9 Å². The maximum atomic E-state index is 13.2. The van der Waals surface area contributed by atoms with Gasteiger partial charge in [-0.2, -0.15) is 0 Å². The van der Waals surface area contributed by atoms with Gasteiger partial charge in [0.05, 0.1) is 19.7 Å². The first-order valence-electron chi connectivity index (χ1n) is 11.9. The zero-order chi connectivity index (χ0) is 26.7. The van der Waals surface area contributed by atoms with Gasteiger partial charge in [-0.3, -0.25) is 14.6 Å². The van der Waals surface area contributed by atoms with Crippen molar-refractivity contribution in [1.29, 1.82) is 0 Å². The van der Waals surface area contributed by atoms with Crippen molar-refractivity contribution in [2.24, 2.45) is 5.41 Å². The molecule has 10 heteroatoms. The first kappa shape index (κ1) is 25.4. The number of carbonyl (C=O) groups is 2. The van der Waals surface area contributed by atoms with E-state index in [0.29, 0.717) is 39.9 Å². The Morgan fingerprint density at radius 3 is 1.97 bits per heavy atom. The fourth-order valence-corrected chi connectivity index (χ4v) is 4.33. The zero-order valence-electron chi connectivity index (χ0n) is 20.9. The first-order chi connectivity index (χ1) is 18.4. The number of fused-ring (bicyclic) bond motifs is 1. The highest BCUT2D eigenvalue weighted by Gasteiger charge is 2.51. The number of amides is 2. The molecule has 0 radical (unpaired) electrons. The third kappa shape index (κ3) is 4.98. The number of aromatic nitrogens is 1. The van der Waals surface area contributed by atoms with E-state index in [0.717, 1.165) is 10.7 Å². The van der Waals surface area contributed by atoms with Gasteiger partial charge in [0.25, 0.3) is 0 Å². The molecular formula is C28H27N4O5P. The molecule has 3 N–H and O–H groups in total. The number of hydrogen-bond acceptors (Lipinski definition) is 7. The largest absolute Gasteiger partial charge is 0.493 e. The lowest BCUT2D eigenvalue weighted by atomic mass is 9.79. The van der Waals surface area contributed by atoms with E-state index in [1.165, 1.54) is 0 Å². The lowest BCUT2D eigenvalue weighted by molar-refractivity contribution is -0.140. The van der Waals surface area contributed by atoms with Crippen LogP contribution in [-0.2, 0) is 9.59 Å². The molecule has 1 fully saturated rings. The van der Waals surface area contributed by atoms with E-state index in [9.17, 15) is 9.59 Å². The molecule has 9 nitrogen and oxygen atoms in total. The molecule has 0 spiro atoms. The summed E-state index contributed by atoms with van der Waals surface area (Å²) in [5.41, 5.74) is 0.706. The molecule has 4 aromatic rings. The summed E-state index contributed by atoms with van der Waals surface area (Å²) < 4.78 is 16.9. The third-order valence-corrected chi connectivity index (χ3v) is 6.82. The van der Waals surface area contributed by atoms with E-state index < -0.39 is 5.41 Å². The zero-order valence-corrected chi connectivity index (χ0v) is 22.1. The molecule has 1 atom stereocenters. The maximum absolute atomic E-state index is 13.2. The number of benzene rings is 3. The predicted octanol–water partition coefficient (Wildman–Crippen LogP) is 3.71. The molecule has 5 rings (SSSR count). The van der Waals surface area contributed by atoms with Crippen molar-refractivity contribution in [2.45, 2.75) is 0 Å². The average molecular weight is 531 g/mol. The lowest BCUT2D eigenvalue weighted by Crippen LogP contribution is -2.65. The molecule has 0 saturated carbocycles. The Kier molecular flexibility index (Phi) is 7.13. The number of nitrogens with zero attached hydrogens (tertiary/aromatic N) is 1. The summed E-state index contributed by atoms with van der Waals surface area (Å²) in [6.07, 6.45) is 1.66. The summed E-state index contributed by atoms with van der Waals surface area (Å²) in [5, 5.41) is 10.5. The molecular weight excluding hydrogens is 503 g/mol. The number of methoxy groups -OCH3 is 2. The van der Waals surface area contributed by atoms with Gasteiger partial charge >= 0.3 is 0 Å². The molecule has 1 aliphatic rings. The van der Waals surface area contributed by atoms with Crippen molar-refractivity contribution in [3.8, 4) is 23.0 Å². The highest BCUT2D eigenvalue weighted by Crippen LogP contribution is 2.37. The maximum Gasteiger partial charge on any atom is 0.242 e. The van der Waals surface area contributed by atoms with Gasteiger partial charge < -0.3 is 30.2 Å². The van der Waals surface area contributed by atoms with Crippen molar-refractivity contribution < 1.29 is 23.8 Å². The van der Waals surface area contributed by atoms with E-state index >= 15 is 0 Å². The van der Waals surface area contributed by atoms with Crippen LogP contribution < -0.4 is 35.5 Å². The van der Waals surface area contributed by atoms with E-state index in [1.54, 1.807) is 68.9 Å². The van der Waals surface area contributed by atoms with Crippen LogP contribution in [0.2, 0.25) is 0 Å². The molecule has 38 heavy (non-hydrogen) atoms. The fraction of sp³-hybridized carbons (Fsp3) is 0.179. The summed E-state index contributed by atoms with van der Waals surface area (Å²) >= 11 is 0. The normalized spacial score (nSPS) is 13.8. The minimum atomic E-state index is -1.19. The Morgan fingerprint density at radius 2 is 1.42 bits per heavy atom. The standard InChI is InChI=1S/C28H27N4O5P/c1-35-24-13-21-22(14-25(24)36-2)30-12-11-23(21)37-19-7-3-17(4-8-19)31-26(33)28(15-29-16-28)27(34)32-18-5-9-20(38)10-6-18/h3-14,29H,15-16,38H2,1-2H3,(H,31,33)(H,32,34). The van der Waals surface area contributed by atoms with Crippen LogP contribution in [0.25, 0.3) is 10.9 Å². The topological polar surface area (TPSA) is 111 Å². The van der Waals surface area contributed by atoms with Gasteiger partial charge in [-0.05, 0) is 53.8 Å². The van der Waals surface area contributed by atoms with Gasteiger partial charge in [-0.1, -0.05) is 12.1 Å². The van der Waals surface area contributed by atoms with Crippen LogP contribution >= 0.6 is 9.24 Å². The van der Waals surface area contributed by atoms with E-state index in [-0.39, 0.29) is 24.9 Å². The highest BCUT2D eigenvalue weighted by atomic mass is 31.0. The second-order valence-electron chi connectivity index (χ2n) is 8.88. The second kappa shape index (κ2) is 10.7. The van der Waals surface area contributed by atoms with Gasteiger partial charge in [0.2, 0.25) is 11.8 Å². The smallest absolute Gasteiger partial charge is 0.242 e. The van der Waals surface area contributed by atoms with Crippen LogP contribution in [0, 0.1) is 5.41 Å². The second-order valence-corrected chi connectivity index (χ2v) is 9.54. The number of hydrogen-bond donors (Lipinski definition) is 3. The van der Waals surface area contributed by atoms with Gasteiger partial charge in [-0.15, -0.1) is 9.24 Å². The predicted molar refractivity (Wildman–Crippen MR) is 150 cm³/mol. The van der Waals surface area contributed by atoms with Crippen molar-refractivity contribution in [3.05, 3.63) is 72.9 Å². The fourth-order valence-electron chi connectivity index (χ4n) is 4.14. The van der Waals surface area contributed by atoms with Gasteiger partial charge in [0, 0.05) is 42.1 Å². The van der Waals surface area contributed by atoms with Gasteiger partial charge in [-0.25, -0.2) is 0 Å². The van der Waals surface area contributed by atoms with Crippen molar-refractivity contribution in [1.82, 2.24) is 10.3 Å². The minimum absolute atomic E-state index is 0.261. The number of pyridine rings is 1. The Hall–Kier alpha value is -4.20. The molecule has 1 saturated heterocycles. The summed E-state index contributed by atoms with van der Waals surface area (Å²) in [5.74, 6) is 1.60. The Labute approximate surface area is 222 Å². The van der Waals surface area contributed by atoms with Crippen LogP contribution in [0.5, 0.6) is 23.0 Å². The quantitative estimate of drug-likeness (QED) is 0.235. The van der Waals surface area contributed by atoms with E-state index in [4.69, 9.17) is 14.2 Å². The Bertz CT molecular complexity index is 1490. The highest BCUT2D eigenvalue weighted by molar-refractivity contribution is 7.27. The third-order valence-electron chi connectivity index (χ3n) is 6.44. The summed E-state index contributed by atoms with van der Waals surface area (Å²) in [6.45, 7) is 0.522. The first-order valence-corrected chi connectivity index (χ1v) is 12.5. The molecule has 2 amide bonds. The van der Waals surface area contributed by atoms with Crippen molar-refractivity contribution in [3.63, 3.8) is 0 Å². The van der Waals surface area contributed by atoms with Crippen LogP contribution in [0.4, 0.5) is 11.4 Å². The Morgan fingerprint density at radius 1 is 0.842 bits per heavy atom. The van der Waals surface area contributed by atoms with E-state index in [1.807, 2.05) is 18.2 Å². The molecule has 3 aromatic carbocycles. The van der Waals surface area contributed by atoms with Crippen LogP contribution in [0.1, 0.15) is 0 Å².